The summed E-state index contributed by atoms with van der Waals surface area (Å²) >= 11 is 0. The van der Waals surface area contributed by atoms with Crippen molar-refractivity contribution in [2.45, 2.75) is 37.3 Å². The molecule has 2 aliphatic heterocycles. The van der Waals surface area contributed by atoms with E-state index in [2.05, 4.69) is 5.32 Å². The first-order chi connectivity index (χ1) is 12.8. The van der Waals surface area contributed by atoms with Crippen LogP contribution in [0.3, 0.4) is 0 Å². The number of hydrogen-bond acceptors (Lipinski definition) is 6. The summed E-state index contributed by atoms with van der Waals surface area (Å²) in [5.41, 5.74) is -1.28. The molecule has 6 nitrogen and oxygen atoms in total. The smallest absolute Gasteiger partial charge is 0.416 e. The van der Waals surface area contributed by atoms with E-state index in [4.69, 9.17) is 14.2 Å². The first-order valence-electron chi connectivity index (χ1n) is 8.37. The summed E-state index contributed by atoms with van der Waals surface area (Å²) in [6.07, 6.45) is -5.16. The fourth-order valence-electron chi connectivity index (χ4n) is 3.19. The predicted octanol–water partition coefficient (Wildman–Crippen LogP) is 3.08. The maximum Gasteiger partial charge on any atom is 0.416 e. The Kier molecular flexibility index (Phi) is 7.11. The van der Waals surface area contributed by atoms with E-state index >= 15 is 0 Å². The van der Waals surface area contributed by atoms with Gasteiger partial charge in [-0.15, -0.1) is 17.0 Å². The van der Waals surface area contributed by atoms with Crippen molar-refractivity contribution in [2.24, 2.45) is 0 Å². The summed E-state index contributed by atoms with van der Waals surface area (Å²) in [4.78, 5) is 24.1. The van der Waals surface area contributed by atoms with Crippen LogP contribution in [-0.4, -0.2) is 37.7 Å². The molecule has 2 heterocycles. The number of ether oxygens (including phenoxy) is 3. The molecule has 0 bridgehead atoms. The van der Waals surface area contributed by atoms with Gasteiger partial charge in [0.05, 0.1) is 18.7 Å². The highest BCUT2D eigenvalue weighted by atomic mass is 79.9. The van der Waals surface area contributed by atoms with Gasteiger partial charge >= 0.3 is 18.1 Å². The molecule has 1 saturated heterocycles. The molecular formula is C18H19BrF3NO5. The number of carbonyl (C=O) groups is 2. The number of halogens is 4. The monoisotopic (exact) mass is 465 g/mol. The Balaban J connectivity index is 0.00000280. The van der Waals surface area contributed by atoms with Gasteiger partial charge in [-0.05, 0) is 25.5 Å². The summed E-state index contributed by atoms with van der Waals surface area (Å²) in [5.74, 6) is -1.48. The van der Waals surface area contributed by atoms with Crippen LogP contribution in [0, 0.1) is 0 Å². The highest BCUT2D eigenvalue weighted by molar-refractivity contribution is 8.93. The normalized spacial score (nSPS) is 22.7. The number of nitrogens with one attached hydrogen (secondary N) is 1. The van der Waals surface area contributed by atoms with Gasteiger partial charge in [0.2, 0.25) is 0 Å². The Morgan fingerprint density at radius 3 is 2.64 bits per heavy atom. The summed E-state index contributed by atoms with van der Waals surface area (Å²) in [5, 5.41) is 2.93. The van der Waals surface area contributed by atoms with Crippen LogP contribution < -0.4 is 5.32 Å². The highest BCUT2D eigenvalue weighted by Crippen LogP contribution is 2.40. The number of esters is 2. The van der Waals surface area contributed by atoms with Gasteiger partial charge in [0, 0.05) is 5.56 Å². The summed E-state index contributed by atoms with van der Waals surface area (Å²) < 4.78 is 56.0. The molecule has 3 atom stereocenters. The zero-order valence-electron chi connectivity index (χ0n) is 14.8. The molecule has 2 aliphatic rings. The van der Waals surface area contributed by atoms with Crippen molar-refractivity contribution in [3.05, 3.63) is 47.2 Å². The fourth-order valence-corrected chi connectivity index (χ4v) is 3.19. The Hall–Kier alpha value is -2.07. The van der Waals surface area contributed by atoms with Gasteiger partial charge in [0.25, 0.3) is 0 Å². The van der Waals surface area contributed by atoms with Crippen molar-refractivity contribution in [3.8, 4) is 0 Å². The SMILES string of the molecule is Br.COC1=CC(=O)OC1C(OC(=O)[C@@H]1CCCN1)c1ccccc1C(F)(F)F. The van der Waals surface area contributed by atoms with Crippen LogP contribution in [0.5, 0.6) is 0 Å². The van der Waals surface area contributed by atoms with E-state index in [-0.39, 0.29) is 28.3 Å². The van der Waals surface area contributed by atoms with Crippen LogP contribution in [-0.2, 0) is 30.0 Å². The van der Waals surface area contributed by atoms with Gasteiger partial charge in [0.1, 0.15) is 11.8 Å². The molecule has 10 heteroatoms. The molecule has 2 unspecified atom stereocenters. The third kappa shape index (κ3) is 4.67. The Morgan fingerprint density at radius 1 is 1.32 bits per heavy atom. The number of benzene rings is 1. The maximum atomic E-state index is 13.5. The van der Waals surface area contributed by atoms with Gasteiger partial charge in [-0.2, -0.15) is 13.2 Å². The zero-order valence-corrected chi connectivity index (χ0v) is 16.5. The summed E-state index contributed by atoms with van der Waals surface area (Å²) in [7, 11) is 1.26. The van der Waals surface area contributed by atoms with Crippen molar-refractivity contribution >= 4 is 28.9 Å². The number of rotatable bonds is 5. The average Bonchev–Trinajstić information content (AvgIpc) is 3.28. The Morgan fingerprint density at radius 2 is 2.04 bits per heavy atom. The van der Waals surface area contributed by atoms with Crippen molar-refractivity contribution in [2.75, 3.05) is 13.7 Å². The molecule has 1 aromatic rings. The molecule has 0 radical (unpaired) electrons. The maximum absolute atomic E-state index is 13.5. The molecule has 0 amide bonds. The third-order valence-electron chi connectivity index (χ3n) is 4.45. The van der Waals surface area contributed by atoms with Crippen molar-refractivity contribution in [3.63, 3.8) is 0 Å². The van der Waals surface area contributed by atoms with Crippen molar-refractivity contribution < 1.29 is 37.0 Å². The minimum Gasteiger partial charge on any atom is -0.497 e. The average molecular weight is 466 g/mol. The molecule has 0 spiro atoms. The van der Waals surface area contributed by atoms with Crippen LogP contribution in [0.4, 0.5) is 13.2 Å². The Bertz CT molecular complexity index is 762. The molecule has 28 heavy (non-hydrogen) atoms. The predicted molar refractivity (Wildman–Crippen MR) is 96.6 cm³/mol. The van der Waals surface area contributed by atoms with Crippen LogP contribution in [0.1, 0.15) is 30.1 Å². The molecule has 1 aromatic carbocycles. The number of hydrogen-bond donors (Lipinski definition) is 1. The van der Waals surface area contributed by atoms with Gasteiger partial charge in [-0.1, -0.05) is 18.2 Å². The topological polar surface area (TPSA) is 73.9 Å². The minimum atomic E-state index is -4.67. The lowest BCUT2D eigenvalue weighted by molar-refractivity contribution is -0.166. The van der Waals surface area contributed by atoms with Crippen LogP contribution in [0.15, 0.2) is 36.1 Å². The molecular weight excluding hydrogens is 447 g/mol. The lowest BCUT2D eigenvalue weighted by Crippen LogP contribution is -2.37. The molecule has 3 rings (SSSR count). The molecule has 0 saturated carbocycles. The van der Waals surface area contributed by atoms with E-state index in [9.17, 15) is 22.8 Å². The van der Waals surface area contributed by atoms with E-state index in [1.54, 1.807) is 0 Å². The summed E-state index contributed by atoms with van der Waals surface area (Å²) in [6, 6.07) is 4.10. The van der Waals surface area contributed by atoms with Crippen molar-refractivity contribution in [1.82, 2.24) is 5.32 Å². The lowest BCUT2D eigenvalue weighted by atomic mass is 9.97. The molecule has 1 fully saturated rings. The number of methoxy groups -OCH3 is 1. The minimum absolute atomic E-state index is 0. The van der Waals surface area contributed by atoms with Crippen LogP contribution >= 0.6 is 17.0 Å². The van der Waals surface area contributed by atoms with E-state index in [1.165, 1.54) is 25.3 Å². The zero-order chi connectivity index (χ0) is 19.6. The lowest BCUT2D eigenvalue weighted by Gasteiger charge is -2.28. The molecule has 0 aliphatic carbocycles. The van der Waals surface area contributed by atoms with E-state index in [1.807, 2.05) is 0 Å². The van der Waals surface area contributed by atoms with Gasteiger partial charge < -0.3 is 19.5 Å². The second-order valence-corrected chi connectivity index (χ2v) is 6.20. The van der Waals surface area contributed by atoms with E-state index < -0.39 is 41.9 Å². The fraction of sp³-hybridized carbons (Fsp3) is 0.444. The summed E-state index contributed by atoms with van der Waals surface area (Å²) in [6.45, 7) is 0.616. The van der Waals surface area contributed by atoms with E-state index in [0.717, 1.165) is 18.6 Å². The largest absolute Gasteiger partial charge is 0.497 e. The van der Waals surface area contributed by atoms with Crippen molar-refractivity contribution in [1.29, 1.82) is 0 Å². The number of alkyl halides is 3. The molecule has 154 valence electrons. The van der Waals surface area contributed by atoms with Gasteiger partial charge in [-0.25, -0.2) is 4.79 Å². The number of carbonyl (C=O) groups excluding carboxylic acids is 2. The van der Waals surface area contributed by atoms with Gasteiger partial charge in [0.15, 0.2) is 12.2 Å². The van der Waals surface area contributed by atoms with Gasteiger partial charge in [-0.3, -0.25) is 4.79 Å². The highest BCUT2D eigenvalue weighted by Gasteiger charge is 2.44. The quantitative estimate of drug-likeness (QED) is 0.673. The molecule has 1 N–H and O–H groups in total. The third-order valence-corrected chi connectivity index (χ3v) is 4.45. The Labute approximate surface area is 169 Å². The standard InChI is InChI=1S/C18H18F3NO5.BrH/c1-25-13-9-14(23)26-16(13)15(27-17(24)12-7-4-8-22-12)10-5-2-3-6-11(10)18(19,20)21;/h2-3,5-6,9,12,15-16,22H,4,7-8H2,1H3;1H/t12-,15?,16?;/m0./s1. The number of cyclic esters (lactones) is 1. The second-order valence-electron chi connectivity index (χ2n) is 6.20. The molecule has 0 aromatic heterocycles. The van der Waals surface area contributed by atoms with Crippen LogP contribution in [0.2, 0.25) is 0 Å². The first-order valence-corrected chi connectivity index (χ1v) is 8.37. The van der Waals surface area contributed by atoms with Crippen LogP contribution in [0.25, 0.3) is 0 Å². The van der Waals surface area contributed by atoms with E-state index in [0.29, 0.717) is 13.0 Å². The first kappa shape index (κ1) is 22.2. The second kappa shape index (κ2) is 8.95.